The topological polar surface area (TPSA) is 63.2 Å². The Morgan fingerprint density at radius 3 is 2.59 bits per heavy atom. The van der Waals surface area contributed by atoms with Gasteiger partial charge in [-0.25, -0.2) is 17.2 Å². The molecule has 1 aliphatic rings. The molecule has 1 N–H and O–H groups in total. The first-order valence-electron chi connectivity index (χ1n) is 6.44. The van der Waals surface area contributed by atoms with Gasteiger partial charge < -0.3 is 0 Å². The standard InChI is InChI=1S/C15H11F2NO3S/c16-8-13(19)15-10-3-1-2-4-12(10)18-22(20,21)14-7-9(17)5-6-11(14)15/h1-7,15,18H,8H2. The van der Waals surface area contributed by atoms with Crippen LogP contribution in [0.25, 0.3) is 0 Å². The van der Waals surface area contributed by atoms with Gasteiger partial charge >= 0.3 is 0 Å². The number of carbonyl (C=O) groups is 1. The first-order chi connectivity index (χ1) is 10.4. The minimum Gasteiger partial charge on any atom is -0.296 e. The lowest BCUT2D eigenvalue weighted by Crippen LogP contribution is -2.17. The normalized spacial score (nSPS) is 18.5. The highest BCUT2D eigenvalue weighted by Gasteiger charge is 2.35. The van der Waals surface area contributed by atoms with Crippen LogP contribution in [-0.4, -0.2) is 20.9 Å². The SMILES string of the molecule is O=C(CF)C1c2ccccc2NS(=O)(=O)c2cc(F)ccc21. The molecule has 2 aromatic rings. The average Bonchev–Trinajstić information content (AvgIpc) is 2.58. The molecule has 1 atom stereocenters. The minimum atomic E-state index is -4.05. The zero-order valence-electron chi connectivity index (χ0n) is 11.2. The van der Waals surface area contributed by atoms with Crippen molar-refractivity contribution in [3.8, 4) is 0 Å². The highest BCUT2D eigenvalue weighted by molar-refractivity contribution is 7.92. The van der Waals surface area contributed by atoms with Gasteiger partial charge in [-0.15, -0.1) is 0 Å². The maximum Gasteiger partial charge on any atom is 0.262 e. The fourth-order valence-corrected chi connectivity index (χ4v) is 3.96. The van der Waals surface area contributed by atoms with Gasteiger partial charge in [0.05, 0.1) is 16.5 Å². The minimum absolute atomic E-state index is 0.0708. The van der Waals surface area contributed by atoms with Crippen LogP contribution >= 0.6 is 0 Å². The van der Waals surface area contributed by atoms with Crippen molar-refractivity contribution in [2.75, 3.05) is 11.4 Å². The highest BCUT2D eigenvalue weighted by atomic mass is 32.2. The number of para-hydroxylation sites is 1. The number of anilines is 1. The zero-order valence-corrected chi connectivity index (χ0v) is 12.0. The van der Waals surface area contributed by atoms with Crippen LogP contribution in [0.15, 0.2) is 47.4 Å². The first kappa shape index (κ1) is 14.6. The Bertz CT molecular complexity index is 865. The predicted molar refractivity (Wildman–Crippen MR) is 76.5 cm³/mol. The van der Waals surface area contributed by atoms with Crippen molar-refractivity contribution < 1.29 is 22.0 Å². The maximum atomic E-state index is 13.5. The number of benzene rings is 2. The highest BCUT2D eigenvalue weighted by Crippen LogP contribution is 2.39. The third-order valence-electron chi connectivity index (χ3n) is 3.55. The molecule has 0 amide bonds. The molecule has 0 radical (unpaired) electrons. The summed E-state index contributed by atoms with van der Waals surface area (Å²) in [4.78, 5) is 11.7. The van der Waals surface area contributed by atoms with E-state index in [4.69, 9.17) is 0 Å². The van der Waals surface area contributed by atoms with Crippen LogP contribution in [-0.2, 0) is 14.8 Å². The lowest BCUT2D eigenvalue weighted by atomic mass is 9.87. The Morgan fingerprint density at radius 2 is 1.86 bits per heavy atom. The molecular weight excluding hydrogens is 312 g/mol. The van der Waals surface area contributed by atoms with Crippen molar-refractivity contribution in [1.29, 1.82) is 0 Å². The van der Waals surface area contributed by atoms with Crippen molar-refractivity contribution in [3.05, 3.63) is 59.4 Å². The molecule has 22 heavy (non-hydrogen) atoms. The van der Waals surface area contributed by atoms with Crippen molar-refractivity contribution >= 4 is 21.5 Å². The predicted octanol–water partition coefficient (Wildman–Crippen LogP) is 2.61. The molecule has 1 aliphatic heterocycles. The summed E-state index contributed by atoms with van der Waals surface area (Å²) >= 11 is 0. The molecule has 0 bridgehead atoms. The first-order valence-corrected chi connectivity index (χ1v) is 7.92. The van der Waals surface area contributed by atoms with E-state index in [0.29, 0.717) is 5.56 Å². The van der Waals surface area contributed by atoms with E-state index in [9.17, 15) is 22.0 Å². The number of rotatable bonds is 2. The van der Waals surface area contributed by atoms with E-state index in [-0.39, 0.29) is 16.1 Å². The molecule has 7 heteroatoms. The molecule has 114 valence electrons. The average molecular weight is 323 g/mol. The number of sulfonamides is 1. The quantitative estimate of drug-likeness (QED) is 0.924. The van der Waals surface area contributed by atoms with E-state index in [1.54, 1.807) is 18.2 Å². The van der Waals surface area contributed by atoms with Crippen LogP contribution in [0.5, 0.6) is 0 Å². The number of hydrogen-bond donors (Lipinski definition) is 1. The molecule has 0 fully saturated rings. The van der Waals surface area contributed by atoms with E-state index in [2.05, 4.69) is 4.72 Å². The van der Waals surface area contributed by atoms with Crippen molar-refractivity contribution in [2.45, 2.75) is 10.8 Å². The van der Waals surface area contributed by atoms with Gasteiger partial charge in [0.25, 0.3) is 10.0 Å². The Hall–Kier alpha value is -2.28. The second-order valence-corrected chi connectivity index (χ2v) is 6.56. The van der Waals surface area contributed by atoms with E-state index >= 15 is 0 Å². The lowest BCUT2D eigenvalue weighted by Gasteiger charge is -2.16. The summed E-state index contributed by atoms with van der Waals surface area (Å²) in [6.45, 7) is -1.24. The summed E-state index contributed by atoms with van der Waals surface area (Å²) in [7, 11) is -4.05. The summed E-state index contributed by atoms with van der Waals surface area (Å²) in [5.41, 5.74) is 0.603. The molecule has 1 heterocycles. The molecule has 0 saturated heterocycles. The van der Waals surface area contributed by atoms with E-state index in [1.165, 1.54) is 12.1 Å². The molecule has 2 aromatic carbocycles. The largest absolute Gasteiger partial charge is 0.296 e. The second kappa shape index (κ2) is 5.17. The smallest absolute Gasteiger partial charge is 0.262 e. The Labute approximate surface area is 125 Å². The summed E-state index contributed by atoms with van der Waals surface area (Å²) in [6.07, 6.45) is 0. The van der Waals surface area contributed by atoms with Gasteiger partial charge in [-0.05, 0) is 29.3 Å². The van der Waals surface area contributed by atoms with Crippen molar-refractivity contribution in [3.63, 3.8) is 0 Å². The second-order valence-electron chi connectivity index (χ2n) is 4.91. The number of fused-ring (bicyclic) bond motifs is 2. The number of halogens is 2. The third-order valence-corrected chi connectivity index (χ3v) is 4.97. The van der Waals surface area contributed by atoms with Crippen LogP contribution in [0.4, 0.5) is 14.5 Å². The van der Waals surface area contributed by atoms with Crippen LogP contribution < -0.4 is 4.72 Å². The molecule has 4 nitrogen and oxygen atoms in total. The fraction of sp³-hybridized carbons (Fsp3) is 0.133. The van der Waals surface area contributed by atoms with E-state index < -0.39 is 34.2 Å². The third kappa shape index (κ3) is 2.27. The van der Waals surface area contributed by atoms with E-state index in [1.807, 2.05) is 0 Å². The molecule has 1 unspecified atom stereocenters. The van der Waals surface area contributed by atoms with Gasteiger partial charge in [0.1, 0.15) is 12.5 Å². The number of nitrogens with one attached hydrogen (secondary N) is 1. The molecule has 0 spiro atoms. The number of carbonyl (C=O) groups excluding carboxylic acids is 1. The summed E-state index contributed by atoms with van der Waals surface area (Å²) in [5, 5.41) is 0. The van der Waals surface area contributed by atoms with Crippen molar-refractivity contribution in [1.82, 2.24) is 0 Å². The Morgan fingerprint density at radius 1 is 1.14 bits per heavy atom. The van der Waals surface area contributed by atoms with Gasteiger partial charge in [0.15, 0.2) is 5.78 Å². The number of ketones is 1. The van der Waals surface area contributed by atoms with Gasteiger partial charge in [0, 0.05) is 0 Å². The fourth-order valence-electron chi connectivity index (χ4n) is 2.61. The molecular formula is C15H11F2NO3S. The van der Waals surface area contributed by atoms with Crippen molar-refractivity contribution in [2.24, 2.45) is 0 Å². The van der Waals surface area contributed by atoms with Crippen LogP contribution in [0, 0.1) is 5.82 Å². The molecule has 0 saturated carbocycles. The summed E-state index contributed by atoms with van der Waals surface area (Å²) in [6, 6.07) is 9.35. The Balaban J connectivity index is 2.38. The van der Waals surface area contributed by atoms with Gasteiger partial charge in [-0.2, -0.15) is 0 Å². The van der Waals surface area contributed by atoms with Crippen LogP contribution in [0.1, 0.15) is 17.0 Å². The summed E-state index contributed by atoms with van der Waals surface area (Å²) in [5.74, 6) is -2.62. The monoisotopic (exact) mass is 323 g/mol. The van der Waals surface area contributed by atoms with Crippen LogP contribution in [0.2, 0.25) is 0 Å². The van der Waals surface area contributed by atoms with Gasteiger partial charge in [-0.1, -0.05) is 24.3 Å². The number of Topliss-reactive ketones (excluding diaryl/α,β-unsaturated/α-hetero) is 1. The summed E-state index contributed by atoms with van der Waals surface area (Å²) < 4.78 is 53.5. The van der Waals surface area contributed by atoms with Crippen LogP contribution in [0.3, 0.4) is 0 Å². The van der Waals surface area contributed by atoms with Gasteiger partial charge in [-0.3, -0.25) is 9.52 Å². The van der Waals surface area contributed by atoms with Gasteiger partial charge in [0.2, 0.25) is 0 Å². The molecule has 3 rings (SSSR count). The lowest BCUT2D eigenvalue weighted by molar-refractivity contribution is -0.120. The maximum absolute atomic E-state index is 13.5. The molecule has 0 aromatic heterocycles. The Kier molecular flexibility index (Phi) is 3.44. The molecule has 0 aliphatic carbocycles. The zero-order chi connectivity index (χ0) is 15.9. The number of alkyl halides is 1. The van der Waals surface area contributed by atoms with E-state index in [0.717, 1.165) is 12.1 Å². The number of hydrogen-bond acceptors (Lipinski definition) is 3.